The standard InChI is InChI=1S/C15H16N6O/c1-17-15(18-8-16)19-11-4-5-12-9(6-11)2-3-10-7-13(22)20-21-14(10)12/h4-6,10H,2-3,7H2,1H3,(H,20,22)(H2,17,18,19). The Hall–Kier alpha value is -2.88. The first-order valence-electron chi connectivity index (χ1n) is 7.10. The minimum absolute atomic E-state index is 0.0122. The lowest BCUT2D eigenvalue weighted by Gasteiger charge is -2.29. The summed E-state index contributed by atoms with van der Waals surface area (Å²) in [5, 5.41) is 18.4. The van der Waals surface area contributed by atoms with Crippen molar-refractivity contribution in [3.05, 3.63) is 29.3 Å². The maximum absolute atomic E-state index is 11.4. The fourth-order valence-corrected chi connectivity index (χ4v) is 2.89. The van der Waals surface area contributed by atoms with Crippen LogP contribution in [0.4, 0.5) is 5.69 Å². The number of benzene rings is 1. The van der Waals surface area contributed by atoms with Gasteiger partial charge in [0.25, 0.3) is 0 Å². The molecule has 1 aromatic rings. The molecule has 0 aromatic heterocycles. The van der Waals surface area contributed by atoms with Crippen molar-refractivity contribution in [1.29, 1.82) is 5.26 Å². The highest BCUT2D eigenvalue weighted by molar-refractivity contribution is 6.08. The Labute approximate surface area is 128 Å². The van der Waals surface area contributed by atoms with Crippen LogP contribution in [-0.2, 0) is 11.2 Å². The number of nitrogens with one attached hydrogen (secondary N) is 3. The molecule has 2 aliphatic rings. The lowest BCUT2D eigenvalue weighted by atomic mass is 9.79. The Kier molecular flexibility index (Phi) is 3.74. The van der Waals surface area contributed by atoms with Gasteiger partial charge in [0.1, 0.15) is 0 Å². The average Bonchev–Trinajstić information content (AvgIpc) is 2.53. The number of hydrogen-bond acceptors (Lipinski definition) is 4. The van der Waals surface area contributed by atoms with E-state index in [-0.39, 0.29) is 11.8 Å². The van der Waals surface area contributed by atoms with E-state index in [2.05, 4.69) is 26.2 Å². The Bertz CT molecular complexity index is 715. The number of rotatable bonds is 1. The van der Waals surface area contributed by atoms with Crippen LogP contribution in [0.5, 0.6) is 0 Å². The van der Waals surface area contributed by atoms with E-state index in [1.165, 1.54) is 5.56 Å². The molecular weight excluding hydrogens is 280 g/mol. The van der Waals surface area contributed by atoms with Gasteiger partial charge < -0.3 is 5.32 Å². The first kappa shape index (κ1) is 14.1. The van der Waals surface area contributed by atoms with Gasteiger partial charge in [-0.1, -0.05) is 6.07 Å². The third-order valence-electron chi connectivity index (χ3n) is 3.92. The van der Waals surface area contributed by atoms with Crippen LogP contribution < -0.4 is 16.1 Å². The van der Waals surface area contributed by atoms with Gasteiger partial charge in [-0.3, -0.25) is 15.1 Å². The lowest BCUT2D eigenvalue weighted by Crippen LogP contribution is -2.36. The zero-order chi connectivity index (χ0) is 15.5. The van der Waals surface area contributed by atoms with Crippen molar-refractivity contribution >= 4 is 23.3 Å². The van der Waals surface area contributed by atoms with Crippen LogP contribution in [0.15, 0.2) is 28.3 Å². The molecule has 0 radical (unpaired) electrons. The summed E-state index contributed by atoms with van der Waals surface area (Å²) in [7, 11) is 1.61. The summed E-state index contributed by atoms with van der Waals surface area (Å²) in [6.07, 6.45) is 4.18. The Morgan fingerprint density at radius 2 is 2.41 bits per heavy atom. The van der Waals surface area contributed by atoms with Gasteiger partial charge in [0.15, 0.2) is 6.19 Å². The van der Waals surface area contributed by atoms with Crippen LogP contribution in [-0.4, -0.2) is 24.6 Å². The Balaban J connectivity index is 1.87. The Morgan fingerprint density at radius 1 is 1.55 bits per heavy atom. The molecule has 1 heterocycles. The second kappa shape index (κ2) is 5.85. The summed E-state index contributed by atoms with van der Waals surface area (Å²) in [4.78, 5) is 15.4. The molecule has 1 aliphatic heterocycles. The van der Waals surface area contributed by atoms with Crippen molar-refractivity contribution in [3.63, 3.8) is 0 Å². The first-order chi connectivity index (χ1) is 10.7. The molecule has 0 saturated carbocycles. The fourth-order valence-electron chi connectivity index (χ4n) is 2.89. The number of amides is 1. The van der Waals surface area contributed by atoms with Gasteiger partial charge in [0.05, 0.1) is 5.71 Å². The number of aryl methyl sites for hydroxylation is 1. The van der Waals surface area contributed by atoms with Crippen LogP contribution in [0.25, 0.3) is 0 Å². The minimum Gasteiger partial charge on any atom is -0.326 e. The third kappa shape index (κ3) is 2.63. The molecule has 0 fully saturated rings. The van der Waals surface area contributed by atoms with Crippen LogP contribution in [0.3, 0.4) is 0 Å². The predicted octanol–water partition coefficient (Wildman–Crippen LogP) is 0.941. The van der Waals surface area contributed by atoms with E-state index >= 15 is 0 Å². The number of hydrogen-bond donors (Lipinski definition) is 3. The number of guanidine groups is 1. The van der Waals surface area contributed by atoms with Gasteiger partial charge in [-0.2, -0.15) is 10.4 Å². The molecule has 3 N–H and O–H groups in total. The number of aliphatic imine (C=N–C) groups is 1. The number of fused-ring (bicyclic) bond motifs is 3. The van der Waals surface area contributed by atoms with E-state index in [0.717, 1.165) is 29.8 Å². The molecule has 0 spiro atoms. The fraction of sp³-hybridized carbons (Fsp3) is 0.333. The van der Waals surface area contributed by atoms with E-state index in [0.29, 0.717) is 12.4 Å². The molecule has 7 heteroatoms. The van der Waals surface area contributed by atoms with Crippen LogP contribution >= 0.6 is 0 Å². The van der Waals surface area contributed by atoms with E-state index in [9.17, 15) is 4.79 Å². The van der Waals surface area contributed by atoms with Gasteiger partial charge in [-0.25, -0.2) is 5.43 Å². The molecule has 1 atom stereocenters. The van der Waals surface area contributed by atoms with Crippen LogP contribution in [0.2, 0.25) is 0 Å². The topological polar surface area (TPSA) is 102 Å². The number of hydrazone groups is 1. The predicted molar refractivity (Wildman–Crippen MR) is 83.3 cm³/mol. The van der Waals surface area contributed by atoms with Crippen molar-refractivity contribution in [2.75, 3.05) is 12.4 Å². The molecule has 3 rings (SSSR count). The SMILES string of the molecule is CN=C(NC#N)Nc1ccc2c(c1)CCC1CC(=O)NN=C21. The Morgan fingerprint density at radius 3 is 3.18 bits per heavy atom. The molecule has 1 unspecified atom stereocenters. The number of carbonyl (C=O) groups is 1. The van der Waals surface area contributed by atoms with E-state index in [4.69, 9.17) is 5.26 Å². The van der Waals surface area contributed by atoms with Crippen LogP contribution in [0, 0.1) is 17.4 Å². The molecule has 1 aromatic carbocycles. The number of carbonyl (C=O) groups excluding carboxylic acids is 1. The first-order valence-corrected chi connectivity index (χ1v) is 7.10. The zero-order valence-electron chi connectivity index (χ0n) is 12.2. The van der Waals surface area contributed by atoms with E-state index < -0.39 is 0 Å². The molecular formula is C15H16N6O. The monoisotopic (exact) mass is 296 g/mol. The van der Waals surface area contributed by atoms with Crippen molar-refractivity contribution in [3.8, 4) is 6.19 Å². The van der Waals surface area contributed by atoms with E-state index in [1.54, 1.807) is 7.05 Å². The van der Waals surface area contributed by atoms with Gasteiger partial charge in [0, 0.05) is 30.6 Å². The highest BCUT2D eigenvalue weighted by Gasteiger charge is 2.30. The summed E-state index contributed by atoms with van der Waals surface area (Å²) in [6.45, 7) is 0. The molecule has 1 amide bonds. The van der Waals surface area contributed by atoms with Crippen molar-refractivity contribution in [2.45, 2.75) is 19.3 Å². The number of nitriles is 1. The third-order valence-corrected chi connectivity index (χ3v) is 3.92. The zero-order valence-corrected chi connectivity index (χ0v) is 12.2. The summed E-state index contributed by atoms with van der Waals surface area (Å²) >= 11 is 0. The summed E-state index contributed by atoms with van der Waals surface area (Å²) in [5.41, 5.74) is 6.66. The van der Waals surface area contributed by atoms with Crippen molar-refractivity contribution < 1.29 is 4.79 Å². The number of nitrogens with zero attached hydrogens (tertiary/aromatic N) is 3. The highest BCUT2D eigenvalue weighted by Crippen LogP contribution is 2.31. The van der Waals surface area contributed by atoms with Crippen LogP contribution in [0.1, 0.15) is 24.0 Å². The van der Waals surface area contributed by atoms with Gasteiger partial charge >= 0.3 is 0 Å². The molecule has 22 heavy (non-hydrogen) atoms. The van der Waals surface area contributed by atoms with Gasteiger partial charge in [-0.05, 0) is 30.5 Å². The smallest absolute Gasteiger partial charge is 0.240 e. The minimum atomic E-state index is -0.0122. The van der Waals surface area contributed by atoms with Gasteiger partial charge in [0.2, 0.25) is 11.9 Å². The van der Waals surface area contributed by atoms with Crippen molar-refractivity contribution in [1.82, 2.24) is 10.7 Å². The summed E-state index contributed by atoms with van der Waals surface area (Å²) in [6, 6.07) is 5.96. The molecule has 112 valence electrons. The van der Waals surface area contributed by atoms with E-state index in [1.807, 2.05) is 24.4 Å². The summed E-state index contributed by atoms with van der Waals surface area (Å²) < 4.78 is 0. The quantitative estimate of drug-likeness (QED) is 0.311. The molecule has 7 nitrogen and oxygen atoms in total. The largest absolute Gasteiger partial charge is 0.326 e. The highest BCUT2D eigenvalue weighted by atomic mass is 16.2. The van der Waals surface area contributed by atoms with Crippen molar-refractivity contribution in [2.24, 2.45) is 16.0 Å². The normalized spacial score (nSPS) is 20.0. The molecule has 1 aliphatic carbocycles. The second-order valence-electron chi connectivity index (χ2n) is 5.28. The molecule has 0 bridgehead atoms. The van der Waals surface area contributed by atoms with Gasteiger partial charge in [-0.15, -0.1) is 0 Å². The maximum atomic E-state index is 11.4. The molecule has 0 saturated heterocycles. The summed E-state index contributed by atoms with van der Waals surface area (Å²) in [5.74, 6) is 0.605. The maximum Gasteiger partial charge on any atom is 0.240 e. The average molecular weight is 296 g/mol. The lowest BCUT2D eigenvalue weighted by molar-refractivity contribution is -0.122. The second-order valence-corrected chi connectivity index (χ2v) is 5.28. The number of anilines is 1.